The maximum absolute atomic E-state index is 12.4. The van der Waals surface area contributed by atoms with E-state index in [-0.39, 0.29) is 18.6 Å². The lowest BCUT2D eigenvalue weighted by Gasteiger charge is -2.22. The number of carbonyl (C=O) groups excluding carboxylic acids is 1. The second-order valence-electron chi connectivity index (χ2n) is 5.82. The Morgan fingerprint density at radius 1 is 1.27 bits per heavy atom. The average molecular weight is 313 g/mol. The average Bonchev–Trinajstić information content (AvgIpc) is 3.03. The second-order valence-corrected chi connectivity index (χ2v) is 5.82. The van der Waals surface area contributed by atoms with Crippen LogP contribution >= 0.6 is 0 Å². The molecule has 1 saturated heterocycles. The summed E-state index contributed by atoms with van der Waals surface area (Å²) in [4.78, 5) is 15.3. The van der Waals surface area contributed by atoms with Crippen LogP contribution in [-0.2, 0) is 6.42 Å². The molecule has 0 radical (unpaired) electrons. The van der Waals surface area contributed by atoms with Crippen molar-refractivity contribution >= 4 is 11.7 Å². The summed E-state index contributed by atoms with van der Waals surface area (Å²) < 4.78 is 37.1. The summed E-state index contributed by atoms with van der Waals surface area (Å²) in [7, 11) is 0. The molecule has 1 fully saturated rings. The summed E-state index contributed by atoms with van der Waals surface area (Å²) in [5.41, 5.74) is 2.02. The number of benzene rings is 1. The summed E-state index contributed by atoms with van der Waals surface area (Å²) in [6, 6.07) is 7.26. The standard InChI is InChI=1S/C15H18F3N3O/c16-15(17,18)10-20-7-6-12(9-20)19-14(22)21-8-5-11-3-1-2-4-13(11)21/h1-4,12H,5-10H2,(H,19,22). The van der Waals surface area contributed by atoms with Gasteiger partial charge in [0.25, 0.3) is 0 Å². The van der Waals surface area contributed by atoms with Crippen LogP contribution in [0.25, 0.3) is 0 Å². The molecule has 3 rings (SSSR count). The van der Waals surface area contributed by atoms with Crippen LogP contribution < -0.4 is 10.2 Å². The summed E-state index contributed by atoms with van der Waals surface area (Å²) >= 11 is 0. The first-order valence-electron chi connectivity index (χ1n) is 7.37. The molecule has 7 heteroatoms. The third kappa shape index (κ3) is 3.35. The van der Waals surface area contributed by atoms with E-state index in [1.54, 1.807) is 4.90 Å². The molecule has 4 nitrogen and oxygen atoms in total. The van der Waals surface area contributed by atoms with Crippen LogP contribution in [0, 0.1) is 0 Å². The Hall–Kier alpha value is -1.76. The number of nitrogens with zero attached hydrogens (tertiary/aromatic N) is 2. The van der Waals surface area contributed by atoms with E-state index in [0.29, 0.717) is 19.5 Å². The van der Waals surface area contributed by atoms with Crippen molar-refractivity contribution < 1.29 is 18.0 Å². The van der Waals surface area contributed by atoms with Crippen molar-refractivity contribution in [2.45, 2.75) is 25.1 Å². The summed E-state index contributed by atoms with van der Waals surface area (Å²) in [6.07, 6.45) is -2.82. The van der Waals surface area contributed by atoms with Crippen molar-refractivity contribution in [3.8, 4) is 0 Å². The van der Waals surface area contributed by atoms with Gasteiger partial charge in [-0.05, 0) is 24.5 Å². The molecule has 1 atom stereocenters. The van der Waals surface area contributed by atoms with Crippen LogP contribution in [-0.4, -0.2) is 49.3 Å². The fourth-order valence-electron chi connectivity index (χ4n) is 3.15. The van der Waals surface area contributed by atoms with Gasteiger partial charge in [-0.25, -0.2) is 4.79 Å². The van der Waals surface area contributed by atoms with E-state index in [1.165, 1.54) is 4.90 Å². The smallest absolute Gasteiger partial charge is 0.334 e. The van der Waals surface area contributed by atoms with E-state index in [4.69, 9.17) is 0 Å². The lowest BCUT2D eigenvalue weighted by Crippen LogP contribution is -2.45. The summed E-state index contributed by atoms with van der Waals surface area (Å²) in [5.74, 6) is 0. The molecule has 22 heavy (non-hydrogen) atoms. The normalized spacial score (nSPS) is 22.0. The molecule has 0 aromatic heterocycles. The lowest BCUT2D eigenvalue weighted by atomic mass is 10.2. The number of para-hydroxylation sites is 1. The van der Waals surface area contributed by atoms with E-state index in [1.807, 2.05) is 24.3 Å². The molecule has 1 aromatic rings. The topological polar surface area (TPSA) is 35.6 Å². The maximum Gasteiger partial charge on any atom is 0.401 e. The van der Waals surface area contributed by atoms with Gasteiger partial charge >= 0.3 is 12.2 Å². The number of carbonyl (C=O) groups is 1. The van der Waals surface area contributed by atoms with Gasteiger partial charge in [-0.3, -0.25) is 9.80 Å². The molecule has 1 unspecified atom stereocenters. The fourth-order valence-corrected chi connectivity index (χ4v) is 3.15. The number of rotatable bonds is 2. The van der Waals surface area contributed by atoms with Gasteiger partial charge < -0.3 is 5.32 Å². The third-order valence-electron chi connectivity index (χ3n) is 4.14. The minimum Gasteiger partial charge on any atom is -0.334 e. The van der Waals surface area contributed by atoms with Crippen LogP contribution in [0.15, 0.2) is 24.3 Å². The number of hydrogen-bond donors (Lipinski definition) is 1. The van der Waals surface area contributed by atoms with Crippen molar-refractivity contribution in [3.05, 3.63) is 29.8 Å². The number of amides is 2. The number of fused-ring (bicyclic) bond motifs is 1. The third-order valence-corrected chi connectivity index (χ3v) is 4.14. The second kappa shape index (κ2) is 5.79. The molecule has 0 spiro atoms. The van der Waals surface area contributed by atoms with Gasteiger partial charge in [-0.1, -0.05) is 18.2 Å². The molecule has 0 saturated carbocycles. The zero-order chi connectivity index (χ0) is 15.7. The zero-order valence-corrected chi connectivity index (χ0v) is 12.1. The molecule has 2 aliphatic heterocycles. The zero-order valence-electron chi connectivity index (χ0n) is 12.1. The van der Waals surface area contributed by atoms with Gasteiger partial charge in [0.2, 0.25) is 0 Å². The first-order valence-corrected chi connectivity index (χ1v) is 7.37. The van der Waals surface area contributed by atoms with Crippen LogP contribution in [0.5, 0.6) is 0 Å². The highest BCUT2D eigenvalue weighted by Gasteiger charge is 2.35. The van der Waals surface area contributed by atoms with Crippen molar-refractivity contribution in [3.63, 3.8) is 0 Å². The molecule has 1 N–H and O–H groups in total. The Morgan fingerprint density at radius 2 is 2.05 bits per heavy atom. The Bertz CT molecular complexity index is 561. The Morgan fingerprint density at radius 3 is 2.82 bits per heavy atom. The molecule has 2 heterocycles. The van der Waals surface area contributed by atoms with E-state index >= 15 is 0 Å². The highest BCUT2D eigenvalue weighted by atomic mass is 19.4. The largest absolute Gasteiger partial charge is 0.401 e. The van der Waals surface area contributed by atoms with Crippen LogP contribution in [0.2, 0.25) is 0 Å². The van der Waals surface area contributed by atoms with Gasteiger partial charge in [-0.15, -0.1) is 0 Å². The molecule has 1 aromatic carbocycles. The van der Waals surface area contributed by atoms with E-state index in [9.17, 15) is 18.0 Å². The number of halogens is 3. The summed E-state index contributed by atoms with van der Waals surface area (Å²) in [5, 5.41) is 2.86. The number of likely N-dealkylation sites (tertiary alicyclic amines) is 1. The van der Waals surface area contributed by atoms with E-state index < -0.39 is 12.7 Å². The molecular formula is C15H18F3N3O. The fraction of sp³-hybridized carbons (Fsp3) is 0.533. The first kappa shape index (κ1) is 15.1. The van der Waals surface area contributed by atoms with Crippen molar-refractivity contribution in [1.82, 2.24) is 10.2 Å². The van der Waals surface area contributed by atoms with E-state index in [2.05, 4.69) is 5.32 Å². The molecule has 0 aliphatic carbocycles. The van der Waals surface area contributed by atoms with Crippen LogP contribution in [0.1, 0.15) is 12.0 Å². The van der Waals surface area contributed by atoms with Gasteiger partial charge in [0, 0.05) is 31.4 Å². The molecular weight excluding hydrogens is 295 g/mol. The number of alkyl halides is 3. The predicted octanol–water partition coefficient (Wildman–Crippen LogP) is 2.40. The first-order chi connectivity index (χ1) is 10.4. The highest BCUT2D eigenvalue weighted by molar-refractivity contribution is 5.94. The van der Waals surface area contributed by atoms with Crippen molar-refractivity contribution in [2.75, 3.05) is 31.1 Å². The molecule has 2 aliphatic rings. The Kier molecular flexibility index (Phi) is 3.99. The van der Waals surface area contributed by atoms with E-state index in [0.717, 1.165) is 17.7 Å². The molecule has 0 bridgehead atoms. The van der Waals surface area contributed by atoms with Crippen molar-refractivity contribution in [2.24, 2.45) is 0 Å². The summed E-state index contributed by atoms with van der Waals surface area (Å²) in [6.45, 7) is 0.317. The highest BCUT2D eigenvalue weighted by Crippen LogP contribution is 2.27. The van der Waals surface area contributed by atoms with Gasteiger partial charge in [-0.2, -0.15) is 13.2 Å². The van der Waals surface area contributed by atoms with Crippen LogP contribution in [0.3, 0.4) is 0 Å². The minimum absolute atomic E-state index is 0.219. The van der Waals surface area contributed by atoms with Gasteiger partial charge in [0.05, 0.1) is 6.54 Å². The number of urea groups is 1. The number of hydrogen-bond acceptors (Lipinski definition) is 2. The van der Waals surface area contributed by atoms with Gasteiger partial charge in [0.1, 0.15) is 0 Å². The predicted molar refractivity (Wildman–Crippen MR) is 76.9 cm³/mol. The quantitative estimate of drug-likeness (QED) is 0.910. The lowest BCUT2D eigenvalue weighted by molar-refractivity contribution is -0.143. The monoisotopic (exact) mass is 313 g/mol. The molecule has 120 valence electrons. The number of nitrogens with one attached hydrogen (secondary N) is 1. The van der Waals surface area contributed by atoms with Crippen molar-refractivity contribution in [1.29, 1.82) is 0 Å². The number of anilines is 1. The Balaban J connectivity index is 1.56. The maximum atomic E-state index is 12.4. The molecule has 2 amide bonds. The SMILES string of the molecule is O=C(NC1CCN(CC(F)(F)F)C1)N1CCc2ccccc21. The Labute approximate surface area is 126 Å². The minimum atomic E-state index is -4.19. The van der Waals surface area contributed by atoms with Crippen LogP contribution in [0.4, 0.5) is 23.7 Å². The van der Waals surface area contributed by atoms with Gasteiger partial charge in [0.15, 0.2) is 0 Å².